The molecule has 0 aliphatic carbocycles. The minimum absolute atomic E-state index is 0.0319. The summed E-state index contributed by atoms with van der Waals surface area (Å²) < 4.78 is 44.4. The lowest BCUT2D eigenvalue weighted by Crippen LogP contribution is -2.41. The van der Waals surface area contributed by atoms with Crippen LogP contribution in [0.5, 0.6) is 0 Å². The smallest absolute Gasteiger partial charge is 0.472 e. The molecule has 25 nitrogen and oxygen atoms in total. The Morgan fingerprint density at radius 2 is 1.14 bits per heavy atom. The zero-order valence-electron chi connectivity index (χ0n) is 54.4. The number of benzene rings is 1. The zero-order valence-corrected chi connectivity index (χ0v) is 55.3. The molecule has 1 aromatic carbocycles. The minimum atomic E-state index is -4.72. The Labute approximate surface area is 539 Å². The van der Waals surface area contributed by atoms with E-state index in [1.165, 1.54) is 160 Å². The number of unbranched alkanes of at least 4 members (excludes halogenated alkanes) is 28. The van der Waals surface area contributed by atoms with Crippen molar-refractivity contribution in [2.45, 2.75) is 250 Å². The lowest BCUT2D eigenvalue weighted by Gasteiger charge is -2.20. The predicted molar refractivity (Wildman–Crippen MR) is 352 cm³/mol. The van der Waals surface area contributed by atoms with Gasteiger partial charge in [-0.3, -0.25) is 38.0 Å². The number of aliphatic imine (C=N–C) groups is 4. The second-order valence-electron chi connectivity index (χ2n) is 23.2. The van der Waals surface area contributed by atoms with Gasteiger partial charge >= 0.3 is 31.8 Å². The number of carboxylic acids is 1. The number of nitrogens with zero attached hydrogens (tertiary/aromatic N) is 4. The van der Waals surface area contributed by atoms with Gasteiger partial charge in [-0.15, -0.1) is 0 Å². The van der Waals surface area contributed by atoms with E-state index in [4.69, 9.17) is 33.7 Å². The van der Waals surface area contributed by atoms with Crippen molar-refractivity contribution in [3.8, 4) is 0 Å². The molecule has 2 heterocycles. The molecular formula is C65H108N9O16P. The van der Waals surface area contributed by atoms with Gasteiger partial charge in [0.25, 0.3) is 11.8 Å². The average Bonchev–Trinajstić information content (AvgIpc) is 1.17. The summed E-state index contributed by atoms with van der Waals surface area (Å²) in [5.74, 6) is -4.06. The van der Waals surface area contributed by atoms with Crippen LogP contribution >= 0.6 is 7.82 Å². The number of hydrogen-bond acceptors (Lipinski definition) is 19. The Kier molecular flexibility index (Phi) is 43.8. The largest absolute Gasteiger partial charge is 0.480 e. The molecule has 4 atom stereocenters. The van der Waals surface area contributed by atoms with Crippen molar-refractivity contribution in [2.24, 2.45) is 25.7 Å². The fourth-order valence-electron chi connectivity index (χ4n) is 9.96. The molecule has 0 saturated heterocycles. The normalized spacial score (nSPS) is 14.8. The van der Waals surface area contributed by atoms with E-state index >= 15 is 0 Å². The van der Waals surface area contributed by atoms with Gasteiger partial charge in [-0.2, -0.15) is 9.98 Å². The van der Waals surface area contributed by atoms with E-state index in [-0.39, 0.29) is 89.1 Å². The van der Waals surface area contributed by atoms with Crippen molar-refractivity contribution in [1.29, 1.82) is 0 Å². The van der Waals surface area contributed by atoms with Crippen molar-refractivity contribution in [3.63, 3.8) is 0 Å². The Balaban J connectivity index is 1.27. The highest BCUT2D eigenvalue weighted by atomic mass is 31.2. The quantitative estimate of drug-likeness (QED) is 0.0138. The Bertz CT molecular complexity index is 2450. The number of phosphoric ester groups is 1. The molecule has 514 valence electrons. The number of nitrogens with two attached hydrogens (primary N) is 1. The molecule has 4 unspecified atom stereocenters. The predicted octanol–water partition coefficient (Wildman–Crippen LogP) is 11.2. The van der Waals surface area contributed by atoms with Crippen molar-refractivity contribution >= 4 is 79.0 Å². The van der Waals surface area contributed by atoms with Crippen LogP contribution in [0.15, 0.2) is 44.2 Å². The number of hydrogen-bond donors (Lipinski definition) is 7. The monoisotopic (exact) mass is 1300 g/mol. The van der Waals surface area contributed by atoms with E-state index in [2.05, 4.69) is 55.1 Å². The molecular weight excluding hydrogens is 1190 g/mol. The van der Waals surface area contributed by atoms with Gasteiger partial charge in [-0.1, -0.05) is 194 Å². The fraction of sp³-hybridized carbons (Fsp3) is 0.738. The Morgan fingerprint density at radius 1 is 0.615 bits per heavy atom. The van der Waals surface area contributed by atoms with Crippen LogP contribution in [0.2, 0.25) is 0 Å². The summed E-state index contributed by atoms with van der Waals surface area (Å²) in [7, 11) is -4.72. The lowest BCUT2D eigenvalue weighted by molar-refractivity contribution is -0.161. The number of guanidine groups is 1. The standard InChI is InChI=1S/C65H108N9O16P/c1-3-5-7-9-11-13-15-17-19-21-23-25-27-29-31-33-57(76)87-49-54(90-58(77)34-32-30-28-26-24-22-20-18-16-14-12-10-8-6-4-2)50-89-91(83,84)88-44-42-68-65(82)86-46-45-85-43-41-67-56(75)40-39-55(63(80)81)72-61(78)51-35-37-52(38-36-51)69-47-53-48-70-60-59(71-53)62(79)74-64(66)73-60/h35-38,48,54-55,59,69H,3-34,39-47,49-50H2,1-2H3,(H,67,75)(H,68,82)(H,72,78)(H,80,81)(H,83,84)(H2,66,74,79). The third-order valence-corrected chi connectivity index (χ3v) is 16.2. The molecule has 8 N–H and O–H groups in total. The maximum Gasteiger partial charge on any atom is 0.472 e. The van der Waals surface area contributed by atoms with E-state index < -0.39 is 80.9 Å². The number of anilines is 1. The topological polar surface area (TPSA) is 356 Å². The number of carbonyl (C=O) groups excluding carboxylic acids is 6. The van der Waals surface area contributed by atoms with Crippen LogP contribution in [0.4, 0.5) is 10.5 Å². The van der Waals surface area contributed by atoms with Crippen LogP contribution in [0.1, 0.15) is 243 Å². The number of aliphatic carboxylic acids is 1. The molecule has 0 fully saturated rings. The molecule has 1 aromatic rings. The Morgan fingerprint density at radius 3 is 1.69 bits per heavy atom. The van der Waals surface area contributed by atoms with Crippen LogP contribution in [-0.4, -0.2) is 153 Å². The molecule has 26 heteroatoms. The van der Waals surface area contributed by atoms with E-state index in [0.29, 0.717) is 24.2 Å². The summed E-state index contributed by atoms with van der Waals surface area (Å²) in [4.78, 5) is 114. The molecule has 2 aliphatic heterocycles. The SMILES string of the molecule is CCCCCCCCCCCCCCCCCC(=O)OCC(COP(=O)(O)OCCNC(=O)OCCOCCNC(=O)CCC(NC(=O)c1ccc(NCC2=NC3C(=O)N=C(N)N=C3N=C2)cc1)C(=O)O)OC(=O)CCCCCCCCCCCCCCCCC. The number of nitrogens with one attached hydrogen (secondary N) is 4. The third-order valence-electron chi connectivity index (χ3n) is 15.2. The van der Waals surface area contributed by atoms with E-state index in [1.54, 1.807) is 12.1 Å². The summed E-state index contributed by atoms with van der Waals surface area (Å²) in [6.07, 6.45) is 35.2. The van der Waals surface area contributed by atoms with Gasteiger partial charge in [0.2, 0.25) is 11.9 Å². The molecule has 3 rings (SSSR count). The second kappa shape index (κ2) is 50.4. The van der Waals surface area contributed by atoms with Gasteiger partial charge in [0.1, 0.15) is 19.3 Å². The van der Waals surface area contributed by atoms with Gasteiger partial charge in [-0.05, 0) is 43.5 Å². The highest BCUT2D eigenvalue weighted by Crippen LogP contribution is 2.43. The van der Waals surface area contributed by atoms with Crippen molar-refractivity contribution in [3.05, 3.63) is 29.8 Å². The number of carboxylic acid groups (broad SMARTS) is 1. The first-order valence-corrected chi connectivity index (χ1v) is 35.3. The first-order valence-electron chi connectivity index (χ1n) is 33.8. The summed E-state index contributed by atoms with van der Waals surface area (Å²) in [6, 6.07) is 3.85. The van der Waals surface area contributed by atoms with Crippen LogP contribution in [0, 0.1) is 0 Å². The third kappa shape index (κ3) is 40.5. The first-order chi connectivity index (χ1) is 44.1. The molecule has 91 heavy (non-hydrogen) atoms. The van der Waals surface area contributed by atoms with Gasteiger partial charge in [0.05, 0.1) is 44.9 Å². The number of phosphoric acid groups is 1. The number of ether oxygens (including phenoxy) is 4. The van der Waals surface area contributed by atoms with Gasteiger partial charge in [0.15, 0.2) is 18.0 Å². The number of fused-ring (bicyclic) bond motifs is 1. The van der Waals surface area contributed by atoms with Crippen LogP contribution in [-0.2, 0) is 56.5 Å². The summed E-state index contributed by atoms with van der Waals surface area (Å²) >= 11 is 0. The molecule has 0 spiro atoms. The number of amides is 4. The van der Waals surface area contributed by atoms with E-state index in [9.17, 15) is 48.1 Å². The van der Waals surface area contributed by atoms with Crippen molar-refractivity contribution in [1.82, 2.24) is 16.0 Å². The average molecular weight is 1300 g/mol. The second-order valence-corrected chi connectivity index (χ2v) is 24.7. The Hall–Kier alpha value is -6.14. The molecule has 4 amide bonds. The molecule has 0 bridgehead atoms. The summed E-state index contributed by atoms with van der Waals surface area (Å²) in [5.41, 5.74) is 6.74. The van der Waals surface area contributed by atoms with E-state index in [1.807, 2.05) is 0 Å². The van der Waals surface area contributed by atoms with Crippen molar-refractivity contribution in [2.75, 3.05) is 64.6 Å². The van der Waals surface area contributed by atoms with Crippen LogP contribution < -0.4 is 27.0 Å². The number of alkyl carbamates (subject to hydrolysis) is 1. The highest BCUT2D eigenvalue weighted by Gasteiger charge is 2.31. The number of esters is 2. The van der Waals surface area contributed by atoms with E-state index in [0.717, 1.165) is 38.5 Å². The molecule has 0 aromatic heterocycles. The van der Waals surface area contributed by atoms with Crippen molar-refractivity contribution < 1.29 is 76.1 Å². The number of carbonyl (C=O) groups is 7. The van der Waals surface area contributed by atoms with Crippen LogP contribution in [0.3, 0.4) is 0 Å². The van der Waals surface area contributed by atoms with Crippen LogP contribution in [0.25, 0.3) is 0 Å². The highest BCUT2D eigenvalue weighted by molar-refractivity contribution is 7.47. The maximum atomic E-state index is 12.9. The molecule has 2 aliphatic rings. The minimum Gasteiger partial charge on any atom is -0.480 e. The first kappa shape index (κ1) is 79.1. The fourth-order valence-corrected chi connectivity index (χ4v) is 10.7. The molecule has 0 radical (unpaired) electrons. The molecule has 0 saturated carbocycles. The summed E-state index contributed by atoms with van der Waals surface area (Å²) in [5, 5.41) is 20.2. The lowest BCUT2D eigenvalue weighted by atomic mass is 10.0. The van der Waals surface area contributed by atoms with Gasteiger partial charge in [-0.25, -0.2) is 19.1 Å². The zero-order chi connectivity index (χ0) is 66.0. The number of rotatable bonds is 57. The maximum absolute atomic E-state index is 12.9. The summed E-state index contributed by atoms with van der Waals surface area (Å²) in [6.45, 7) is 2.92. The van der Waals surface area contributed by atoms with Gasteiger partial charge in [0, 0.05) is 43.6 Å². The number of amidine groups is 1. The van der Waals surface area contributed by atoms with Gasteiger partial charge < -0.3 is 55.9 Å².